The number of halogens is 1. The standard InChI is InChI=1S/C18H19FN2O2S/c1-12(2)11-23-14-7-5-6-13(10-14)20-18(24)21-17(22)15-8-3-4-9-16(15)19/h3-10,12H,11H2,1-2H3,(H2,20,21,22,24). The lowest BCUT2D eigenvalue weighted by Crippen LogP contribution is -2.34. The van der Waals surface area contributed by atoms with E-state index < -0.39 is 11.7 Å². The molecule has 2 N–H and O–H groups in total. The van der Waals surface area contributed by atoms with Gasteiger partial charge in [0.05, 0.1) is 12.2 Å². The summed E-state index contributed by atoms with van der Waals surface area (Å²) in [5, 5.41) is 5.43. The van der Waals surface area contributed by atoms with Gasteiger partial charge in [-0.05, 0) is 42.4 Å². The summed E-state index contributed by atoms with van der Waals surface area (Å²) >= 11 is 5.10. The Hall–Kier alpha value is -2.47. The molecule has 1 amide bonds. The second-order valence-corrected chi connectivity index (χ2v) is 6.03. The maximum Gasteiger partial charge on any atom is 0.260 e. The number of carbonyl (C=O) groups is 1. The minimum atomic E-state index is -0.599. The van der Waals surface area contributed by atoms with Gasteiger partial charge in [0.2, 0.25) is 0 Å². The zero-order chi connectivity index (χ0) is 17.5. The fourth-order valence-corrected chi connectivity index (χ4v) is 2.12. The van der Waals surface area contributed by atoms with E-state index in [-0.39, 0.29) is 10.7 Å². The van der Waals surface area contributed by atoms with Gasteiger partial charge in [0, 0.05) is 11.8 Å². The van der Waals surface area contributed by atoms with Crippen LogP contribution >= 0.6 is 12.2 Å². The zero-order valence-corrected chi connectivity index (χ0v) is 14.3. The molecule has 4 nitrogen and oxygen atoms in total. The van der Waals surface area contributed by atoms with Crippen molar-refractivity contribution in [2.24, 2.45) is 5.92 Å². The highest BCUT2D eigenvalue weighted by molar-refractivity contribution is 7.80. The molecule has 0 aliphatic heterocycles. The highest BCUT2D eigenvalue weighted by Crippen LogP contribution is 2.18. The maximum absolute atomic E-state index is 13.6. The van der Waals surface area contributed by atoms with Gasteiger partial charge in [-0.25, -0.2) is 4.39 Å². The molecule has 2 rings (SSSR count). The van der Waals surface area contributed by atoms with Crippen molar-refractivity contribution in [3.8, 4) is 5.75 Å². The minimum Gasteiger partial charge on any atom is -0.493 e. The smallest absolute Gasteiger partial charge is 0.260 e. The van der Waals surface area contributed by atoms with Crippen LogP contribution in [-0.4, -0.2) is 17.6 Å². The fraction of sp³-hybridized carbons (Fsp3) is 0.222. The van der Waals surface area contributed by atoms with Crippen LogP contribution in [0.25, 0.3) is 0 Å². The van der Waals surface area contributed by atoms with Gasteiger partial charge in [-0.15, -0.1) is 0 Å². The van der Waals surface area contributed by atoms with Gasteiger partial charge in [0.1, 0.15) is 11.6 Å². The third-order valence-electron chi connectivity index (χ3n) is 3.02. The molecule has 24 heavy (non-hydrogen) atoms. The molecule has 0 saturated heterocycles. The lowest BCUT2D eigenvalue weighted by atomic mass is 10.2. The van der Waals surface area contributed by atoms with E-state index in [2.05, 4.69) is 24.5 Å². The van der Waals surface area contributed by atoms with Crippen molar-refractivity contribution in [2.75, 3.05) is 11.9 Å². The first-order valence-electron chi connectivity index (χ1n) is 7.55. The van der Waals surface area contributed by atoms with Crippen LogP contribution in [0.3, 0.4) is 0 Å². The van der Waals surface area contributed by atoms with E-state index in [1.807, 2.05) is 12.1 Å². The first kappa shape index (κ1) is 17.9. The molecule has 0 heterocycles. The van der Waals surface area contributed by atoms with Crippen LogP contribution in [-0.2, 0) is 0 Å². The summed E-state index contributed by atoms with van der Waals surface area (Å²) in [5.41, 5.74) is 0.616. The molecule has 0 atom stereocenters. The van der Waals surface area contributed by atoms with Crippen molar-refractivity contribution in [3.63, 3.8) is 0 Å². The van der Waals surface area contributed by atoms with Crippen molar-refractivity contribution in [1.82, 2.24) is 5.32 Å². The molecule has 0 fully saturated rings. The molecule has 6 heteroatoms. The quantitative estimate of drug-likeness (QED) is 0.804. The molecule has 2 aromatic rings. The zero-order valence-electron chi connectivity index (χ0n) is 13.5. The number of hydrogen-bond donors (Lipinski definition) is 2. The third-order valence-corrected chi connectivity index (χ3v) is 3.22. The van der Waals surface area contributed by atoms with Gasteiger partial charge < -0.3 is 10.1 Å². The normalized spacial score (nSPS) is 10.3. The van der Waals surface area contributed by atoms with E-state index in [0.717, 1.165) is 0 Å². The summed E-state index contributed by atoms with van der Waals surface area (Å²) in [6, 6.07) is 13.0. The summed E-state index contributed by atoms with van der Waals surface area (Å²) in [4.78, 5) is 12.0. The third kappa shape index (κ3) is 5.31. The molecule has 0 saturated carbocycles. The van der Waals surface area contributed by atoms with Crippen molar-refractivity contribution in [3.05, 3.63) is 59.9 Å². The van der Waals surface area contributed by atoms with E-state index in [9.17, 15) is 9.18 Å². The number of benzene rings is 2. The Morgan fingerprint density at radius 2 is 1.96 bits per heavy atom. The van der Waals surface area contributed by atoms with Crippen LogP contribution in [0.5, 0.6) is 5.75 Å². The van der Waals surface area contributed by atoms with Gasteiger partial charge in [-0.1, -0.05) is 32.0 Å². The molecule has 0 spiro atoms. The largest absolute Gasteiger partial charge is 0.493 e. The molecule has 0 bridgehead atoms. The van der Waals surface area contributed by atoms with Crippen molar-refractivity contribution >= 4 is 28.9 Å². The summed E-state index contributed by atoms with van der Waals surface area (Å²) in [5.74, 6) is -0.0700. The Morgan fingerprint density at radius 3 is 2.67 bits per heavy atom. The lowest BCUT2D eigenvalue weighted by Gasteiger charge is -2.12. The lowest BCUT2D eigenvalue weighted by molar-refractivity contribution is 0.0974. The second kappa shape index (κ2) is 8.40. The predicted octanol–water partition coefficient (Wildman–Crippen LogP) is 3.99. The summed E-state index contributed by atoms with van der Waals surface area (Å²) < 4.78 is 19.2. The number of carbonyl (C=O) groups excluding carboxylic acids is 1. The SMILES string of the molecule is CC(C)COc1cccc(NC(=S)NC(=O)c2ccccc2F)c1. The first-order chi connectivity index (χ1) is 11.5. The number of amides is 1. The van der Waals surface area contributed by atoms with Gasteiger partial charge in [0.15, 0.2) is 5.11 Å². The molecule has 2 aromatic carbocycles. The molecule has 0 aliphatic carbocycles. The maximum atomic E-state index is 13.6. The molecule has 0 aliphatic rings. The molecular weight excluding hydrogens is 327 g/mol. The highest BCUT2D eigenvalue weighted by atomic mass is 32.1. The summed E-state index contributed by atoms with van der Waals surface area (Å²) in [6.45, 7) is 4.74. The molecule has 0 radical (unpaired) electrons. The fourth-order valence-electron chi connectivity index (χ4n) is 1.90. The van der Waals surface area contributed by atoms with Gasteiger partial charge in [0.25, 0.3) is 5.91 Å². The van der Waals surface area contributed by atoms with Crippen molar-refractivity contribution in [2.45, 2.75) is 13.8 Å². The number of hydrogen-bond acceptors (Lipinski definition) is 3. The summed E-state index contributed by atoms with van der Waals surface area (Å²) in [7, 11) is 0. The number of rotatable bonds is 5. The monoisotopic (exact) mass is 346 g/mol. The average Bonchev–Trinajstić information content (AvgIpc) is 2.53. The number of thiocarbonyl (C=S) groups is 1. The predicted molar refractivity (Wildman–Crippen MR) is 96.9 cm³/mol. The highest BCUT2D eigenvalue weighted by Gasteiger charge is 2.12. The molecule has 0 unspecified atom stereocenters. The van der Waals surface area contributed by atoms with Crippen LogP contribution in [0.4, 0.5) is 10.1 Å². The Morgan fingerprint density at radius 1 is 1.21 bits per heavy atom. The van der Waals surface area contributed by atoms with E-state index in [1.54, 1.807) is 18.2 Å². The number of anilines is 1. The van der Waals surface area contributed by atoms with E-state index in [4.69, 9.17) is 17.0 Å². The first-order valence-corrected chi connectivity index (χ1v) is 7.96. The number of nitrogens with one attached hydrogen (secondary N) is 2. The molecule has 0 aromatic heterocycles. The Kier molecular flexibility index (Phi) is 6.26. The van der Waals surface area contributed by atoms with E-state index >= 15 is 0 Å². The van der Waals surface area contributed by atoms with Crippen molar-refractivity contribution < 1.29 is 13.9 Å². The topological polar surface area (TPSA) is 50.4 Å². The second-order valence-electron chi connectivity index (χ2n) is 5.62. The van der Waals surface area contributed by atoms with E-state index in [0.29, 0.717) is 24.0 Å². The summed E-state index contributed by atoms with van der Waals surface area (Å²) in [6.07, 6.45) is 0. The van der Waals surface area contributed by atoms with Crippen LogP contribution in [0.2, 0.25) is 0 Å². The van der Waals surface area contributed by atoms with Crippen LogP contribution in [0.1, 0.15) is 24.2 Å². The van der Waals surface area contributed by atoms with Gasteiger partial charge in [-0.2, -0.15) is 0 Å². The van der Waals surface area contributed by atoms with Gasteiger partial charge in [-0.3, -0.25) is 10.1 Å². The average molecular weight is 346 g/mol. The van der Waals surface area contributed by atoms with Crippen LogP contribution in [0, 0.1) is 11.7 Å². The molecular formula is C18H19FN2O2S. The Labute approximate surface area is 146 Å². The van der Waals surface area contributed by atoms with Crippen molar-refractivity contribution in [1.29, 1.82) is 0 Å². The number of ether oxygens (including phenoxy) is 1. The van der Waals surface area contributed by atoms with Crippen LogP contribution < -0.4 is 15.4 Å². The van der Waals surface area contributed by atoms with Crippen LogP contribution in [0.15, 0.2) is 48.5 Å². The minimum absolute atomic E-state index is 0.0596. The van der Waals surface area contributed by atoms with Gasteiger partial charge >= 0.3 is 0 Å². The Balaban J connectivity index is 1.96. The van der Waals surface area contributed by atoms with E-state index in [1.165, 1.54) is 18.2 Å². The Bertz CT molecular complexity index is 734. The molecule has 126 valence electrons.